The normalized spacial score (nSPS) is 12.4. The van der Waals surface area contributed by atoms with E-state index in [1.165, 1.54) is 36.4 Å². The summed E-state index contributed by atoms with van der Waals surface area (Å²) < 4.78 is 53.5. The molecule has 2 aromatic rings. The molecule has 1 aromatic heterocycles. The molecule has 7 nitrogen and oxygen atoms in total. The fourth-order valence-corrected chi connectivity index (χ4v) is 4.86. The van der Waals surface area contributed by atoms with Gasteiger partial charge >= 0.3 is 0 Å². The Hall–Kier alpha value is -1.39. The van der Waals surface area contributed by atoms with Crippen LogP contribution in [0.25, 0.3) is 0 Å². The van der Waals surface area contributed by atoms with Gasteiger partial charge in [-0.2, -0.15) is 0 Å². The van der Waals surface area contributed by atoms with Crippen LogP contribution in [0, 0.1) is 0 Å². The van der Waals surface area contributed by atoms with Gasteiger partial charge in [0.05, 0.1) is 4.90 Å². The molecule has 0 unspecified atom stereocenters. The molecule has 2 N–H and O–H groups in total. The van der Waals surface area contributed by atoms with E-state index in [2.05, 4.69) is 14.4 Å². The number of anilines is 1. The predicted molar refractivity (Wildman–Crippen MR) is 97.0 cm³/mol. The Labute approximate surface area is 156 Å². The maximum atomic E-state index is 12.4. The minimum atomic E-state index is -4.00. The van der Waals surface area contributed by atoms with Crippen LogP contribution in [0.3, 0.4) is 0 Å². The number of pyridine rings is 1. The van der Waals surface area contributed by atoms with Crippen molar-refractivity contribution in [2.45, 2.75) is 29.7 Å². The molecule has 11 heteroatoms. The lowest BCUT2D eigenvalue weighted by Gasteiger charge is -2.11. The Balaban J connectivity index is 2.26. The second kappa shape index (κ2) is 7.46. The molecule has 0 saturated heterocycles. The third-order valence-electron chi connectivity index (χ3n) is 2.88. The number of aromatic nitrogens is 1. The first-order valence-corrected chi connectivity index (χ1v) is 10.7. The third-order valence-corrected chi connectivity index (χ3v) is 6.58. The summed E-state index contributed by atoms with van der Waals surface area (Å²) in [6.45, 7) is 3.40. The Morgan fingerprint density at radius 2 is 1.52 bits per heavy atom. The van der Waals surface area contributed by atoms with Crippen molar-refractivity contribution in [3.05, 3.63) is 46.7 Å². The number of sulfonamides is 2. The van der Waals surface area contributed by atoms with E-state index < -0.39 is 20.0 Å². The molecular weight excluding hydrogens is 409 g/mol. The molecule has 0 bridgehead atoms. The van der Waals surface area contributed by atoms with Gasteiger partial charge in [0.2, 0.25) is 10.0 Å². The molecule has 0 saturated carbocycles. The zero-order chi connectivity index (χ0) is 18.8. The SMILES string of the molecule is CC(C)NS(=O)(=O)c1ccc(NS(=O)(=O)c2ccc(Cl)nc2Cl)cc1. The molecule has 1 aromatic carbocycles. The molecule has 0 radical (unpaired) electrons. The average Bonchev–Trinajstić information content (AvgIpc) is 2.45. The maximum Gasteiger partial charge on any atom is 0.264 e. The molecule has 0 amide bonds. The standard InChI is InChI=1S/C14H15Cl2N3O4S2/c1-9(2)18-24(20,21)11-5-3-10(4-6-11)19-25(22,23)12-7-8-13(15)17-14(12)16/h3-9,18-19H,1-2H3. The van der Waals surface area contributed by atoms with E-state index in [0.717, 1.165) is 0 Å². The summed E-state index contributed by atoms with van der Waals surface area (Å²) in [5, 5.41) is -0.198. The first kappa shape index (κ1) is 19.9. The summed E-state index contributed by atoms with van der Waals surface area (Å²) in [7, 11) is -7.65. The molecular formula is C14H15Cl2N3O4S2. The van der Waals surface area contributed by atoms with E-state index in [1.54, 1.807) is 13.8 Å². The Kier molecular flexibility index (Phi) is 5.95. The molecule has 1 heterocycles. The molecule has 25 heavy (non-hydrogen) atoms. The molecule has 0 atom stereocenters. The van der Waals surface area contributed by atoms with Gasteiger partial charge in [0.15, 0.2) is 5.15 Å². The van der Waals surface area contributed by atoms with Gasteiger partial charge in [0.1, 0.15) is 10.0 Å². The number of halogens is 2. The number of nitrogens with one attached hydrogen (secondary N) is 2. The molecule has 0 aliphatic heterocycles. The Morgan fingerprint density at radius 3 is 2.04 bits per heavy atom. The summed E-state index contributed by atoms with van der Waals surface area (Å²) in [6, 6.07) is 7.53. The van der Waals surface area contributed by atoms with E-state index in [4.69, 9.17) is 23.2 Å². The summed E-state index contributed by atoms with van der Waals surface area (Å²) in [6.07, 6.45) is 0. The van der Waals surface area contributed by atoms with Crippen LogP contribution >= 0.6 is 23.2 Å². The summed E-state index contributed by atoms with van der Waals surface area (Å²) in [5.74, 6) is 0. The van der Waals surface area contributed by atoms with Crippen molar-refractivity contribution in [2.24, 2.45) is 0 Å². The van der Waals surface area contributed by atoms with Crippen molar-refractivity contribution in [2.75, 3.05) is 4.72 Å². The third kappa shape index (κ3) is 5.05. The van der Waals surface area contributed by atoms with E-state index in [-0.39, 0.29) is 31.8 Å². The van der Waals surface area contributed by atoms with Gasteiger partial charge in [-0.1, -0.05) is 23.2 Å². The lowest BCUT2D eigenvalue weighted by Crippen LogP contribution is -2.30. The highest BCUT2D eigenvalue weighted by Crippen LogP contribution is 2.24. The highest BCUT2D eigenvalue weighted by atomic mass is 35.5. The molecule has 0 aliphatic rings. The second-order valence-electron chi connectivity index (χ2n) is 5.33. The zero-order valence-corrected chi connectivity index (χ0v) is 16.3. The van der Waals surface area contributed by atoms with E-state index in [9.17, 15) is 16.8 Å². The largest absolute Gasteiger partial charge is 0.280 e. The minimum Gasteiger partial charge on any atom is -0.280 e. The van der Waals surface area contributed by atoms with Crippen LogP contribution in [0.5, 0.6) is 0 Å². The van der Waals surface area contributed by atoms with Gasteiger partial charge < -0.3 is 0 Å². The number of nitrogens with zero attached hydrogens (tertiary/aromatic N) is 1. The highest BCUT2D eigenvalue weighted by Gasteiger charge is 2.20. The van der Waals surface area contributed by atoms with Gasteiger partial charge in [-0.15, -0.1) is 0 Å². The predicted octanol–water partition coefficient (Wildman–Crippen LogP) is 2.88. The lowest BCUT2D eigenvalue weighted by molar-refractivity contribution is 0.570. The van der Waals surface area contributed by atoms with Crippen LogP contribution in [-0.4, -0.2) is 27.9 Å². The van der Waals surface area contributed by atoms with Crippen LogP contribution in [0.15, 0.2) is 46.2 Å². The van der Waals surface area contributed by atoms with Crippen LogP contribution in [0.2, 0.25) is 10.3 Å². The number of hydrogen-bond donors (Lipinski definition) is 2. The highest BCUT2D eigenvalue weighted by molar-refractivity contribution is 7.92. The zero-order valence-electron chi connectivity index (χ0n) is 13.2. The van der Waals surface area contributed by atoms with Crippen LogP contribution in [0.1, 0.15) is 13.8 Å². The number of benzene rings is 1. The van der Waals surface area contributed by atoms with Crippen LogP contribution in [0.4, 0.5) is 5.69 Å². The van der Waals surface area contributed by atoms with Crippen LogP contribution in [-0.2, 0) is 20.0 Å². The molecule has 0 aliphatic carbocycles. The molecule has 0 fully saturated rings. The average molecular weight is 424 g/mol. The van der Waals surface area contributed by atoms with Gasteiger partial charge in [-0.25, -0.2) is 26.5 Å². The fraction of sp³-hybridized carbons (Fsp3) is 0.214. The van der Waals surface area contributed by atoms with Gasteiger partial charge in [-0.05, 0) is 50.2 Å². The summed E-state index contributed by atoms with van der Waals surface area (Å²) in [5.41, 5.74) is 0.175. The van der Waals surface area contributed by atoms with E-state index >= 15 is 0 Å². The fourth-order valence-electron chi connectivity index (χ4n) is 1.89. The van der Waals surface area contributed by atoms with Crippen molar-refractivity contribution < 1.29 is 16.8 Å². The van der Waals surface area contributed by atoms with Gasteiger partial charge in [-0.3, -0.25) is 4.72 Å². The first-order chi connectivity index (χ1) is 11.5. The van der Waals surface area contributed by atoms with E-state index in [0.29, 0.717) is 0 Å². The minimum absolute atomic E-state index is 0.0235. The maximum absolute atomic E-state index is 12.4. The van der Waals surface area contributed by atoms with Crippen LogP contribution < -0.4 is 9.44 Å². The monoisotopic (exact) mass is 423 g/mol. The van der Waals surface area contributed by atoms with Crippen molar-refractivity contribution in [3.8, 4) is 0 Å². The second-order valence-corrected chi connectivity index (χ2v) is 9.44. The Morgan fingerprint density at radius 1 is 0.920 bits per heavy atom. The van der Waals surface area contributed by atoms with Crippen molar-refractivity contribution >= 4 is 48.9 Å². The smallest absolute Gasteiger partial charge is 0.264 e. The first-order valence-electron chi connectivity index (χ1n) is 6.98. The topological polar surface area (TPSA) is 105 Å². The number of hydrogen-bond acceptors (Lipinski definition) is 5. The van der Waals surface area contributed by atoms with Crippen molar-refractivity contribution in [1.29, 1.82) is 0 Å². The molecule has 136 valence electrons. The Bertz CT molecular complexity index is 976. The van der Waals surface area contributed by atoms with Crippen molar-refractivity contribution in [1.82, 2.24) is 9.71 Å². The summed E-state index contributed by atoms with van der Waals surface area (Å²) in [4.78, 5) is 3.46. The quantitative estimate of drug-likeness (QED) is 0.694. The van der Waals surface area contributed by atoms with Crippen molar-refractivity contribution in [3.63, 3.8) is 0 Å². The van der Waals surface area contributed by atoms with E-state index in [1.807, 2.05) is 0 Å². The lowest BCUT2D eigenvalue weighted by atomic mass is 10.3. The number of rotatable bonds is 6. The molecule has 2 rings (SSSR count). The van der Waals surface area contributed by atoms with Gasteiger partial charge in [0.25, 0.3) is 10.0 Å². The molecule has 0 spiro atoms. The summed E-state index contributed by atoms with van der Waals surface area (Å²) >= 11 is 11.5. The van der Waals surface area contributed by atoms with Gasteiger partial charge in [0, 0.05) is 11.7 Å².